The Morgan fingerprint density at radius 3 is 1.70 bits per heavy atom. The molecule has 0 spiro atoms. The topological polar surface area (TPSA) is 0 Å². The van der Waals surface area contributed by atoms with Crippen LogP contribution in [0.4, 0.5) is 0 Å². The molecule has 0 unspecified atom stereocenters. The molecular formula is C26H30S4. The van der Waals surface area contributed by atoms with Crippen LogP contribution in [0.2, 0.25) is 0 Å². The van der Waals surface area contributed by atoms with E-state index in [9.17, 15) is 0 Å². The van der Waals surface area contributed by atoms with Gasteiger partial charge in [-0.25, -0.2) is 0 Å². The Morgan fingerprint density at radius 2 is 1.10 bits per heavy atom. The van der Waals surface area contributed by atoms with E-state index in [2.05, 4.69) is 91.8 Å². The lowest BCUT2D eigenvalue weighted by molar-refractivity contribution is 0.600. The van der Waals surface area contributed by atoms with Gasteiger partial charge in [-0.3, -0.25) is 0 Å². The molecule has 158 valence electrons. The van der Waals surface area contributed by atoms with E-state index in [0.29, 0.717) is 0 Å². The van der Waals surface area contributed by atoms with Gasteiger partial charge in [0.05, 0.1) is 0 Å². The quantitative estimate of drug-likeness (QED) is 0.279. The highest BCUT2D eigenvalue weighted by atomic mass is 32.1. The smallest absolute Gasteiger partial charge is 0.0478 e. The average Bonchev–Trinajstić information content (AvgIpc) is 3.37. The van der Waals surface area contributed by atoms with Crippen LogP contribution in [0.5, 0.6) is 0 Å². The molecule has 0 aliphatic heterocycles. The second kappa shape index (κ2) is 7.74. The second-order valence-corrected chi connectivity index (χ2v) is 14.3. The fraction of sp³-hybridized carbons (Fsp3) is 0.385. The summed E-state index contributed by atoms with van der Waals surface area (Å²) in [4.78, 5) is 11.3. The lowest BCUT2D eigenvalue weighted by Gasteiger charge is -2.17. The van der Waals surface area contributed by atoms with Gasteiger partial charge < -0.3 is 0 Å². The largest absolute Gasteiger partial charge is 0.139 e. The van der Waals surface area contributed by atoms with Gasteiger partial charge in [-0.05, 0) is 72.2 Å². The Morgan fingerprint density at radius 1 is 0.533 bits per heavy atom. The molecule has 0 bridgehead atoms. The molecule has 0 radical (unpaired) electrons. The summed E-state index contributed by atoms with van der Waals surface area (Å²) in [5, 5.41) is 0. The molecule has 0 fully saturated rings. The zero-order chi connectivity index (χ0) is 21.8. The van der Waals surface area contributed by atoms with Crippen molar-refractivity contribution in [1.82, 2.24) is 0 Å². The highest BCUT2D eigenvalue weighted by Crippen LogP contribution is 2.47. The van der Waals surface area contributed by atoms with Crippen LogP contribution < -0.4 is 0 Å². The average molecular weight is 471 g/mol. The van der Waals surface area contributed by atoms with E-state index in [1.54, 1.807) is 0 Å². The fourth-order valence-electron chi connectivity index (χ4n) is 3.66. The summed E-state index contributed by atoms with van der Waals surface area (Å²) < 4.78 is 0. The van der Waals surface area contributed by atoms with E-state index >= 15 is 0 Å². The van der Waals surface area contributed by atoms with Crippen molar-refractivity contribution in [3.63, 3.8) is 0 Å². The van der Waals surface area contributed by atoms with Crippen LogP contribution in [-0.4, -0.2) is 0 Å². The molecule has 4 aromatic heterocycles. The normalized spacial score (nSPS) is 12.7. The van der Waals surface area contributed by atoms with Crippen LogP contribution >= 0.6 is 45.3 Å². The molecule has 0 aliphatic carbocycles. The summed E-state index contributed by atoms with van der Waals surface area (Å²) in [5.41, 5.74) is 3.22. The van der Waals surface area contributed by atoms with Crippen LogP contribution in [0.15, 0.2) is 36.4 Å². The number of thiophene rings is 4. The molecular weight excluding hydrogens is 441 g/mol. The van der Waals surface area contributed by atoms with Gasteiger partial charge in [-0.2, -0.15) is 0 Å². The summed E-state index contributed by atoms with van der Waals surface area (Å²) in [6, 6.07) is 13.9. The van der Waals surface area contributed by atoms with Gasteiger partial charge in [-0.15, -0.1) is 45.3 Å². The van der Waals surface area contributed by atoms with Gasteiger partial charge in [0.1, 0.15) is 0 Å². The zero-order valence-electron chi connectivity index (χ0n) is 19.1. The van der Waals surface area contributed by atoms with Gasteiger partial charge in [0.15, 0.2) is 0 Å². The third-order valence-electron chi connectivity index (χ3n) is 5.18. The maximum absolute atomic E-state index is 2.37. The minimum Gasteiger partial charge on any atom is -0.139 e. The van der Waals surface area contributed by atoms with Crippen molar-refractivity contribution in [2.45, 2.75) is 66.2 Å². The monoisotopic (exact) mass is 470 g/mol. The highest BCUT2D eigenvalue weighted by molar-refractivity contribution is 7.28. The maximum atomic E-state index is 2.37. The van der Waals surface area contributed by atoms with Crippen molar-refractivity contribution in [1.29, 1.82) is 0 Å². The van der Waals surface area contributed by atoms with E-state index < -0.39 is 0 Å². The van der Waals surface area contributed by atoms with E-state index in [4.69, 9.17) is 0 Å². The molecule has 4 heteroatoms. The summed E-state index contributed by atoms with van der Waals surface area (Å²) in [6.07, 6.45) is 0. The molecule has 4 rings (SSSR count). The summed E-state index contributed by atoms with van der Waals surface area (Å²) in [5.74, 6) is 0. The molecule has 0 atom stereocenters. The van der Waals surface area contributed by atoms with Crippen molar-refractivity contribution < 1.29 is 0 Å². The molecule has 30 heavy (non-hydrogen) atoms. The van der Waals surface area contributed by atoms with Crippen LogP contribution in [0, 0.1) is 13.8 Å². The summed E-state index contributed by atoms with van der Waals surface area (Å²) in [6.45, 7) is 18.3. The van der Waals surface area contributed by atoms with Crippen molar-refractivity contribution in [2.24, 2.45) is 0 Å². The lowest BCUT2D eigenvalue weighted by Crippen LogP contribution is -2.09. The molecule has 0 aliphatic rings. The molecule has 0 nitrogen and oxygen atoms in total. The minimum atomic E-state index is 0.206. The third kappa shape index (κ3) is 4.25. The Kier molecular flexibility index (Phi) is 5.68. The SMILES string of the molecule is Cc1cc(-c2cc(C)c(C(C)(C)C)s2)sc1-c1ccc(-c2ccc(C(C)(C)C)s2)s1. The molecule has 0 N–H and O–H groups in total. The number of aryl methyl sites for hydroxylation is 2. The molecule has 0 saturated heterocycles. The molecule has 0 saturated carbocycles. The van der Waals surface area contributed by atoms with E-state index in [-0.39, 0.29) is 10.8 Å². The Balaban J connectivity index is 1.66. The minimum absolute atomic E-state index is 0.206. The third-order valence-corrected chi connectivity index (χ3v) is 11.2. The number of hydrogen-bond acceptors (Lipinski definition) is 4. The van der Waals surface area contributed by atoms with Crippen LogP contribution in [0.25, 0.3) is 29.3 Å². The van der Waals surface area contributed by atoms with Crippen LogP contribution in [-0.2, 0) is 10.8 Å². The zero-order valence-corrected chi connectivity index (χ0v) is 22.4. The fourth-order valence-corrected chi connectivity index (χ4v) is 8.47. The Hall–Kier alpha value is -1.20. The maximum Gasteiger partial charge on any atom is 0.0478 e. The van der Waals surface area contributed by atoms with Gasteiger partial charge in [-0.1, -0.05) is 41.5 Å². The van der Waals surface area contributed by atoms with Crippen molar-refractivity contribution >= 4 is 45.3 Å². The molecule has 4 heterocycles. The van der Waals surface area contributed by atoms with E-state index in [1.165, 1.54) is 50.1 Å². The Bertz CT molecular complexity index is 1180. The summed E-state index contributed by atoms with van der Waals surface area (Å²) >= 11 is 7.75. The van der Waals surface area contributed by atoms with Gasteiger partial charge in [0, 0.05) is 39.0 Å². The second-order valence-electron chi connectivity index (χ2n) is 10.1. The Labute approximate surface area is 197 Å². The van der Waals surface area contributed by atoms with Gasteiger partial charge in [0.2, 0.25) is 0 Å². The van der Waals surface area contributed by atoms with Gasteiger partial charge >= 0.3 is 0 Å². The number of hydrogen-bond donors (Lipinski definition) is 0. The highest BCUT2D eigenvalue weighted by Gasteiger charge is 2.22. The first-order valence-electron chi connectivity index (χ1n) is 10.4. The summed E-state index contributed by atoms with van der Waals surface area (Å²) in [7, 11) is 0. The van der Waals surface area contributed by atoms with Crippen LogP contribution in [0.1, 0.15) is 62.4 Å². The van der Waals surface area contributed by atoms with Crippen molar-refractivity contribution in [3.05, 3.63) is 57.3 Å². The lowest BCUT2D eigenvalue weighted by atomic mass is 9.92. The first-order valence-corrected chi connectivity index (χ1v) is 13.6. The first kappa shape index (κ1) is 22.0. The van der Waals surface area contributed by atoms with Gasteiger partial charge in [0.25, 0.3) is 0 Å². The predicted octanol–water partition coefficient (Wildman–Crippen LogP) is 10.1. The number of rotatable bonds is 3. The van der Waals surface area contributed by atoms with Crippen molar-refractivity contribution in [2.75, 3.05) is 0 Å². The van der Waals surface area contributed by atoms with Crippen LogP contribution in [0.3, 0.4) is 0 Å². The predicted molar refractivity (Wildman–Crippen MR) is 141 cm³/mol. The standard InChI is InChI=1S/C26H30S4/c1-15-13-20(21-14-16(2)24(30-21)26(6,7)8)29-23(15)19-10-9-17(27-19)18-11-12-22(28-18)25(3,4)5/h9-14H,1-8H3. The molecule has 0 amide bonds. The molecule has 0 aromatic carbocycles. The van der Waals surface area contributed by atoms with Crippen molar-refractivity contribution in [3.8, 4) is 29.3 Å². The first-order chi connectivity index (χ1) is 13.9. The van der Waals surface area contributed by atoms with E-state index in [0.717, 1.165) is 0 Å². The molecule has 4 aromatic rings. The van der Waals surface area contributed by atoms with E-state index in [1.807, 2.05) is 45.3 Å².